The van der Waals surface area contributed by atoms with Gasteiger partial charge in [0.05, 0.1) is 0 Å². The smallest absolute Gasteiger partial charge is 0.127 e. The van der Waals surface area contributed by atoms with Crippen molar-refractivity contribution < 1.29 is 13.9 Å². The highest BCUT2D eigenvalue weighted by molar-refractivity contribution is 5.65. The first-order valence-corrected chi connectivity index (χ1v) is 4.82. The van der Waals surface area contributed by atoms with Crippen LogP contribution in [-0.2, 0) is 0 Å². The van der Waals surface area contributed by atoms with Crippen LogP contribution in [0, 0.1) is 18.6 Å². The summed E-state index contributed by atoms with van der Waals surface area (Å²) in [5, 5.41) is 9.27. The third-order valence-electron chi connectivity index (χ3n) is 2.37. The number of halogens is 2. The van der Waals surface area contributed by atoms with Crippen LogP contribution in [0.2, 0.25) is 0 Å². The van der Waals surface area contributed by atoms with E-state index in [9.17, 15) is 13.9 Å². The summed E-state index contributed by atoms with van der Waals surface area (Å²) in [5.74, 6) is -0.960. The van der Waals surface area contributed by atoms with Gasteiger partial charge >= 0.3 is 0 Å². The molecule has 0 radical (unpaired) electrons. The Labute approximate surface area is 92.0 Å². The molecule has 16 heavy (non-hydrogen) atoms. The summed E-state index contributed by atoms with van der Waals surface area (Å²) in [5.41, 5.74) is 1.69. The van der Waals surface area contributed by atoms with E-state index >= 15 is 0 Å². The van der Waals surface area contributed by atoms with E-state index in [4.69, 9.17) is 0 Å². The lowest BCUT2D eigenvalue weighted by Gasteiger charge is -2.05. The molecule has 0 heterocycles. The Morgan fingerprint density at radius 2 is 1.69 bits per heavy atom. The predicted molar refractivity (Wildman–Crippen MR) is 58.2 cm³/mol. The Hall–Kier alpha value is -1.90. The largest absolute Gasteiger partial charge is 0.508 e. The van der Waals surface area contributed by atoms with Gasteiger partial charge in [0, 0.05) is 6.07 Å². The lowest BCUT2D eigenvalue weighted by molar-refractivity contribution is 0.469. The highest BCUT2D eigenvalue weighted by Gasteiger charge is 2.04. The molecule has 0 aliphatic heterocycles. The van der Waals surface area contributed by atoms with Gasteiger partial charge in [-0.15, -0.1) is 0 Å². The van der Waals surface area contributed by atoms with Crippen molar-refractivity contribution in [1.29, 1.82) is 0 Å². The molecule has 1 nitrogen and oxygen atoms in total. The molecular weight excluding hydrogens is 210 g/mol. The maximum atomic E-state index is 13.1. The van der Waals surface area contributed by atoms with Gasteiger partial charge in [0.15, 0.2) is 0 Å². The molecule has 0 spiro atoms. The first-order valence-electron chi connectivity index (χ1n) is 4.82. The molecule has 0 atom stereocenters. The van der Waals surface area contributed by atoms with Crippen molar-refractivity contribution in [2.75, 3.05) is 0 Å². The van der Waals surface area contributed by atoms with Crippen LogP contribution < -0.4 is 0 Å². The highest BCUT2D eigenvalue weighted by Crippen LogP contribution is 2.26. The molecule has 2 aromatic carbocycles. The summed E-state index contributed by atoms with van der Waals surface area (Å²) in [6.07, 6.45) is 0. The van der Waals surface area contributed by atoms with Crippen molar-refractivity contribution in [3.8, 4) is 16.9 Å². The van der Waals surface area contributed by atoms with E-state index in [-0.39, 0.29) is 11.6 Å². The second-order valence-electron chi connectivity index (χ2n) is 3.66. The van der Waals surface area contributed by atoms with E-state index in [1.807, 2.05) is 0 Å². The average molecular weight is 220 g/mol. The highest BCUT2D eigenvalue weighted by atomic mass is 19.1. The Morgan fingerprint density at radius 3 is 2.31 bits per heavy atom. The molecule has 0 aromatic heterocycles. The molecule has 0 amide bonds. The van der Waals surface area contributed by atoms with Crippen molar-refractivity contribution in [3.63, 3.8) is 0 Å². The number of benzene rings is 2. The van der Waals surface area contributed by atoms with Crippen LogP contribution in [0.3, 0.4) is 0 Å². The fourth-order valence-electron chi connectivity index (χ4n) is 1.57. The van der Waals surface area contributed by atoms with Gasteiger partial charge in [0.1, 0.15) is 17.4 Å². The summed E-state index contributed by atoms with van der Waals surface area (Å²) < 4.78 is 26.1. The van der Waals surface area contributed by atoms with Crippen LogP contribution >= 0.6 is 0 Å². The first kappa shape index (κ1) is 10.6. The number of hydrogen-bond acceptors (Lipinski definition) is 1. The van der Waals surface area contributed by atoms with Crippen molar-refractivity contribution in [1.82, 2.24) is 0 Å². The first-order chi connectivity index (χ1) is 7.56. The zero-order valence-corrected chi connectivity index (χ0v) is 8.67. The minimum atomic E-state index is -0.517. The quantitative estimate of drug-likeness (QED) is 0.777. The van der Waals surface area contributed by atoms with Crippen molar-refractivity contribution in [3.05, 3.63) is 53.6 Å². The van der Waals surface area contributed by atoms with Crippen molar-refractivity contribution in [2.45, 2.75) is 6.92 Å². The standard InChI is InChI=1S/C13H10F2O/c1-8-4-9(2-3-13(8)15)10-5-11(14)7-12(16)6-10/h2-7,16H,1H3. The number of rotatable bonds is 1. The van der Waals surface area contributed by atoms with Gasteiger partial charge in [-0.3, -0.25) is 0 Å². The van der Waals surface area contributed by atoms with Crippen LogP contribution in [0.25, 0.3) is 11.1 Å². The third-order valence-corrected chi connectivity index (χ3v) is 2.37. The number of phenolic OH excluding ortho intramolecular Hbond substituents is 1. The average Bonchev–Trinajstić information content (AvgIpc) is 2.20. The normalized spacial score (nSPS) is 10.4. The molecule has 0 bridgehead atoms. The van der Waals surface area contributed by atoms with Crippen LogP contribution in [0.4, 0.5) is 8.78 Å². The topological polar surface area (TPSA) is 20.2 Å². The molecule has 1 N–H and O–H groups in total. The molecular formula is C13H10F2O. The van der Waals surface area contributed by atoms with Gasteiger partial charge in [-0.25, -0.2) is 8.78 Å². The summed E-state index contributed by atoms with van der Waals surface area (Å²) in [7, 11) is 0. The number of phenols is 1. The second-order valence-corrected chi connectivity index (χ2v) is 3.66. The fourth-order valence-corrected chi connectivity index (χ4v) is 1.57. The minimum absolute atomic E-state index is 0.142. The lowest BCUT2D eigenvalue weighted by atomic mass is 10.0. The Kier molecular flexibility index (Phi) is 2.60. The van der Waals surface area contributed by atoms with E-state index in [1.54, 1.807) is 19.1 Å². The van der Waals surface area contributed by atoms with E-state index in [0.29, 0.717) is 16.7 Å². The van der Waals surface area contributed by atoms with Crippen LogP contribution in [0.15, 0.2) is 36.4 Å². The second kappa shape index (κ2) is 3.93. The molecule has 0 aliphatic carbocycles. The van der Waals surface area contributed by atoms with Gasteiger partial charge in [-0.1, -0.05) is 6.07 Å². The van der Waals surface area contributed by atoms with E-state index in [2.05, 4.69) is 0 Å². The minimum Gasteiger partial charge on any atom is -0.508 e. The van der Waals surface area contributed by atoms with Crippen molar-refractivity contribution in [2.24, 2.45) is 0 Å². The van der Waals surface area contributed by atoms with Crippen molar-refractivity contribution >= 4 is 0 Å². The van der Waals surface area contributed by atoms with E-state index in [0.717, 1.165) is 6.07 Å². The van der Waals surface area contributed by atoms with Crippen LogP contribution in [0.1, 0.15) is 5.56 Å². The van der Waals surface area contributed by atoms with Gasteiger partial charge in [0.2, 0.25) is 0 Å². The Morgan fingerprint density at radius 1 is 0.938 bits per heavy atom. The monoisotopic (exact) mass is 220 g/mol. The van der Waals surface area contributed by atoms with E-state index < -0.39 is 5.82 Å². The summed E-state index contributed by atoms with van der Waals surface area (Å²) in [4.78, 5) is 0. The molecule has 0 aliphatic rings. The summed E-state index contributed by atoms with van der Waals surface area (Å²) in [6, 6.07) is 8.26. The molecule has 82 valence electrons. The fraction of sp³-hybridized carbons (Fsp3) is 0.0769. The summed E-state index contributed by atoms with van der Waals surface area (Å²) in [6.45, 7) is 1.64. The summed E-state index contributed by atoms with van der Waals surface area (Å²) >= 11 is 0. The molecule has 0 fully saturated rings. The molecule has 3 heteroatoms. The predicted octanol–water partition coefficient (Wildman–Crippen LogP) is 3.65. The molecule has 0 saturated carbocycles. The molecule has 0 unspecified atom stereocenters. The number of aryl methyl sites for hydroxylation is 1. The maximum Gasteiger partial charge on any atom is 0.127 e. The number of aromatic hydroxyl groups is 1. The maximum absolute atomic E-state index is 13.1. The lowest BCUT2D eigenvalue weighted by Crippen LogP contribution is -1.85. The molecule has 2 rings (SSSR count). The Bertz CT molecular complexity index is 515. The number of hydrogen-bond donors (Lipinski definition) is 1. The van der Waals surface area contributed by atoms with E-state index in [1.165, 1.54) is 18.2 Å². The molecule has 0 saturated heterocycles. The van der Waals surface area contributed by atoms with Gasteiger partial charge in [0.25, 0.3) is 0 Å². The third kappa shape index (κ3) is 2.03. The zero-order chi connectivity index (χ0) is 11.7. The zero-order valence-electron chi connectivity index (χ0n) is 8.67. The molecule has 2 aromatic rings. The van der Waals surface area contributed by atoms with Crippen LogP contribution in [0.5, 0.6) is 5.75 Å². The van der Waals surface area contributed by atoms with Gasteiger partial charge in [-0.2, -0.15) is 0 Å². The SMILES string of the molecule is Cc1cc(-c2cc(O)cc(F)c2)ccc1F. The van der Waals surface area contributed by atoms with Gasteiger partial charge in [-0.05, 0) is 47.9 Å². The van der Waals surface area contributed by atoms with Gasteiger partial charge < -0.3 is 5.11 Å². The van der Waals surface area contributed by atoms with Crippen LogP contribution in [-0.4, -0.2) is 5.11 Å². The Balaban J connectivity index is 2.54.